The minimum absolute atomic E-state index is 0. The molecule has 4 aromatic rings. The van der Waals surface area contributed by atoms with Crippen LogP contribution in [0.25, 0.3) is 22.3 Å². The fraction of sp³-hybridized carbons (Fsp3) is 0.324. The van der Waals surface area contributed by atoms with Crippen LogP contribution in [0.4, 0.5) is 17.6 Å². The number of aryl methyl sites for hydroxylation is 2. The number of hydrogen-bond acceptors (Lipinski definition) is 14. The quantitative estimate of drug-likeness (QED) is 0.0972. The van der Waals surface area contributed by atoms with E-state index < -0.39 is 108 Å². The molecule has 60 heavy (non-hydrogen) atoms. The largest absolute Gasteiger partial charge is 0.819 e. The van der Waals surface area contributed by atoms with Crippen molar-refractivity contribution in [2.45, 2.75) is 49.3 Å². The van der Waals surface area contributed by atoms with E-state index in [1.807, 2.05) is 0 Å². The monoisotopic (exact) mass is 882 g/mol. The summed E-state index contributed by atoms with van der Waals surface area (Å²) >= 11 is 0. The first-order chi connectivity index (χ1) is 27.5. The van der Waals surface area contributed by atoms with Crippen molar-refractivity contribution in [3.8, 4) is 33.8 Å². The average Bonchev–Trinajstić information content (AvgIpc) is 3.80. The zero-order valence-corrected chi connectivity index (χ0v) is 34.8. The Kier molecular flexibility index (Phi) is 12.2. The average molecular weight is 883 g/mol. The highest BCUT2D eigenvalue weighted by molar-refractivity contribution is 7.93. The Balaban J connectivity index is 0.00000683. The summed E-state index contributed by atoms with van der Waals surface area (Å²) in [6.07, 6.45) is 2.30. The highest BCUT2D eigenvalue weighted by atomic mass is 32.2. The van der Waals surface area contributed by atoms with Crippen molar-refractivity contribution in [3.05, 3.63) is 112 Å². The molecule has 2 aromatic carbocycles. The Morgan fingerprint density at radius 3 is 1.32 bits per heavy atom. The Morgan fingerprint density at radius 1 is 0.633 bits per heavy atom. The number of hydrogen-bond donors (Lipinski definition) is 0. The van der Waals surface area contributed by atoms with Crippen molar-refractivity contribution >= 4 is 38.4 Å². The van der Waals surface area contributed by atoms with Crippen LogP contribution in [-0.2, 0) is 51.6 Å². The van der Waals surface area contributed by atoms with Gasteiger partial charge in [-0.3, -0.25) is 9.59 Å². The van der Waals surface area contributed by atoms with Crippen LogP contribution in [0.15, 0.2) is 80.8 Å². The lowest BCUT2D eigenvalue weighted by molar-refractivity contribution is 0.0889. The summed E-state index contributed by atoms with van der Waals surface area (Å²) in [6, 6.07) is 8.98. The van der Waals surface area contributed by atoms with Crippen molar-refractivity contribution in [1.82, 2.24) is 9.13 Å². The van der Waals surface area contributed by atoms with Gasteiger partial charge >= 0.3 is 6.96 Å². The van der Waals surface area contributed by atoms with E-state index in [4.69, 9.17) is 28.3 Å². The molecule has 0 bridgehead atoms. The highest BCUT2D eigenvalue weighted by Crippen LogP contribution is 2.37. The Morgan fingerprint density at radius 2 is 1.00 bits per heavy atom. The molecule has 1 spiro atoms. The summed E-state index contributed by atoms with van der Waals surface area (Å²) in [5, 5.41) is 7.44. The normalized spacial score (nSPS) is 18.1. The van der Waals surface area contributed by atoms with Crippen molar-refractivity contribution in [3.63, 3.8) is 0 Å². The maximum Gasteiger partial charge on any atom is 0.819 e. The second-order valence-corrected chi connectivity index (χ2v) is 19.0. The van der Waals surface area contributed by atoms with E-state index in [2.05, 4.69) is 10.3 Å². The van der Waals surface area contributed by atoms with Gasteiger partial charge in [0.25, 0.3) is 11.1 Å². The summed E-state index contributed by atoms with van der Waals surface area (Å²) < 4.78 is 142. The van der Waals surface area contributed by atoms with Gasteiger partial charge in [-0.2, -0.15) is 0 Å². The zero-order chi connectivity index (χ0) is 43.3. The van der Waals surface area contributed by atoms with Crippen LogP contribution in [-0.4, -0.2) is 80.9 Å². The van der Waals surface area contributed by atoms with E-state index in [-0.39, 0.29) is 41.2 Å². The second kappa shape index (κ2) is 16.2. The molecule has 23 heteroatoms. The third-order valence-corrected chi connectivity index (χ3v) is 14.4. The first-order valence-corrected chi connectivity index (χ1v) is 21.2. The number of benzene rings is 2. The van der Waals surface area contributed by atoms with Crippen LogP contribution < -0.4 is 20.6 Å². The first kappa shape index (κ1) is 45.1. The van der Waals surface area contributed by atoms with Crippen molar-refractivity contribution in [2.75, 3.05) is 26.7 Å². The number of pyridine rings is 2. The van der Waals surface area contributed by atoms with Crippen molar-refractivity contribution < 1.29 is 62.7 Å². The predicted molar refractivity (Wildman–Crippen MR) is 212 cm³/mol. The van der Waals surface area contributed by atoms with Gasteiger partial charge in [0.05, 0.1) is 14.2 Å². The molecule has 2 aliphatic heterocycles. The highest BCUT2D eigenvalue weighted by Gasteiger charge is 2.60. The van der Waals surface area contributed by atoms with Crippen LogP contribution >= 0.6 is 0 Å². The molecule has 4 heterocycles. The summed E-state index contributed by atoms with van der Waals surface area (Å²) in [6.45, 7) is -2.12. The number of nitrogens with zero attached hydrogens (tertiary/aromatic N) is 4. The second-order valence-electron chi connectivity index (χ2n) is 14.1. The van der Waals surface area contributed by atoms with E-state index >= 15 is 8.78 Å². The first-order valence-electron chi connectivity index (χ1n) is 17.5. The number of aromatic nitrogens is 2. The van der Waals surface area contributed by atoms with Crippen LogP contribution in [0, 0.1) is 30.7 Å². The molecule has 2 atom stereocenters. The summed E-state index contributed by atoms with van der Waals surface area (Å²) in [5.41, 5.74) is -2.71. The molecule has 16 nitrogen and oxygen atoms in total. The summed E-state index contributed by atoms with van der Waals surface area (Å²) in [7, 11) is -5.80. The number of methoxy groups -OCH3 is 2. The van der Waals surface area contributed by atoms with Crippen molar-refractivity contribution in [2.24, 2.45) is 10.3 Å². The van der Waals surface area contributed by atoms with E-state index in [1.54, 1.807) is 0 Å². The smallest absolute Gasteiger partial charge is 0.595 e. The van der Waals surface area contributed by atoms with Crippen LogP contribution in [0.3, 0.4) is 0 Å². The predicted octanol–water partition coefficient (Wildman–Crippen LogP) is 4.61. The fourth-order valence-electron chi connectivity index (χ4n) is 6.22. The molecule has 0 fully saturated rings. The molecule has 2 unspecified atom stereocenters. The minimum atomic E-state index is -4.22. The third kappa shape index (κ3) is 8.27. The number of rotatable bonds is 14. The Bertz CT molecular complexity index is 2580. The van der Waals surface area contributed by atoms with E-state index in [0.29, 0.717) is 0 Å². The molecule has 6 rings (SSSR count). The topological polar surface area (TPSA) is 192 Å². The lowest BCUT2D eigenvalue weighted by atomic mass is 10.0. The molecule has 0 N–H and O–H groups in total. The van der Waals surface area contributed by atoms with Gasteiger partial charge < -0.3 is 37.4 Å². The molecule has 322 valence electrons. The van der Waals surface area contributed by atoms with Gasteiger partial charge in [0, 0.05) is 91.9 Å². The Hall–Kier alpha value is -5.97. The van der Waals surface area contributed by atoms with E-state index in [0.717, 1.165) is 58.3 Å². The molecule has 2 aliphatic rings. The van der Waals surface area contributed by atoms with Gasteiger partial charge in [-0.25, -0.2) is 34.4 Å². The summed E-state index contributed by atoms with van der Waals surface area (Å²) in [5.74, 6) is -4.61. The van der Waals surface area contributed by atoms with Gasteiger partial charge in [-0.15, -0.1) is 0 Å². The van der Waals surface area contributed by atoms with Gasteiger partial charge in [0.2, 0.25) is 11.8 Å². The third-order valence-electron chi connectivity index (χ3n) is 10.3. The summed E-state index contributed by atoms with van der Waals surface area (Å²) in [4.78, 5) is 26.1. The molecular weight excluding hydrogens is 843 g/mol. The zero-order valence-electron chi connectivity index (χ0n) is 33.2. The molecule has 0 saturated carbocycles. The standard InChI is InChI=1S/C36H36BF4N4O12S2.CH3/c1-35(58(5,48)49,11-13-44-19-29(40)25(17-31(44)46)23-9-7-21(52-3)15-27(23)38)33-42-56-37(54-33)55-34(43-57-37)36(2,59(6,50)51)12-14-45-20-30(41)26(18-32(45)47)24-10-8-22(53-4)16-28(24)39;/h7-10,15-20H,11-14H2,1-6H3;1H3/q-1;+1. The number of halogens is 4. The number of ether oxygens (including phenoxy) is 2. The van der Waals surface area contributed by atoms with E-state index in [1.165, 1.54) is 52.3 Å². The van der Waals surface area contributed by atoms with Gasteiger partial charge in [0.15, 0.2) is 19.7 Å². The molecule has 2 aromatic heterocycles. The Labute approximate surface area is 341 Å². The van der Waals surface area contributed by atoms with Crippen LogP contribution in [0.5, 0.6) is 11.5 Å². The van der Waals surface area contributed by atoms with Gasteiger partial charge in [-0.05, 0) is 51.0 Å². The fourth-order valence-corrected chi connectivity index (χ4v) is 7.95. The molecule has 0 saturated heterocycles. The number of oxime groups is 2. The minimum Gasteiger partial charge on any atom is -0.595 e. The van der Waals surface area contributed by atoms with Gasteiger partial charge in [-0.1, -0.05) is 10.3 Å². The maximum atomic E-state index is 15.3. The SMILES string of the molecule is COc1ccc(-c2cc(=O)n(CCC(C)(C3=NO[B-]4(ON=C(C(C)(CCn5cc(F)c(-c6ccc(OC)cc6F)cc5=O)S(C)(=O)=O)O4)O3)S(C)(=O)=O)cc2F)c(F)c1.[CH3+]. The lowest BCUT2D eigenvalue weighted by Gasteiger charge is -2.33. The molecular formula is C37H39BF4N4O12S2. The molecule has 0 aliphatic carbocycles. The van der Waals surface area contributed by atoms with Crippen molar-refractivity contribution in [1.29, 1.82) is 0 Å². The maximum absolute atomic E-state index is 15.3. The van der Waals surface area contributed by atoms with Gasteiger partial charge in [0.1, 0.15) is 44.3 Å². The van der Waals surface area contributed by atoms with Crippen LogP contribution in [0.1, 0.15) is 26.7 Å². The van der Waals surface area contributed by atoms with E-state index in [9.17, 15) is 35.2 Å². The van der Waals surface area contributed by atoms with Crippen LogP contribution in [0.2, 0.25) is 0 Å². The molecule has 0 amide bonds. The number of sulfone groups is 2. The molecule has 0 radical (unpaired) electrons. The lowest BCUT2D eigenvalue weighted by Crippen LogP contribution is -2.52.